The number of β-amino-alcohol motifs (C(OH)–C–C–N with tert-alkyl or cyclic N) is 1. The summed E-state index contributed by atoms with van der Waals surface area (Å²) in [6, 6.07) is 6.28. The molecule has 0 unspecified atom stereocenters. The SMILES string of the molecule is CN1CC2(CCN(CCO)CC2)c2cc(Cl)ccc21. The molecule has 19 heavy (non-hydrogen) atoms. The van der Waals surface area contributed by atoms with Gasteiger partial charge in [-0.3, -0.25) is 0 Å². The van der Waals surface area contributed by atoms with Crippen LogP contribution in [0, 0.1) is 0 Å². The minimum absolute atomic E-state index is 0.259. The Bertz CT molecular complexity index is 469. The van der Waals surface area contributed by atoms with Crippen LogP contribution < -0.4 is 4.90 Å². The number of aliphatic hydroxyl groups is 1. The van der Waals surface area contributed by atoms with Crippen molar-refractivity contribution in [1.82, 2.24) is 4.90 Å². The zero-order valence-electron chi connectivity index (χ0n) is 11.4. The smallest absolute Gasteiger partial charge is 0.0558 e. The van der Waals surface area contributed by atoms with E-state index in [0.29, 0.717) is 0 Å². The molecule has 2 heterocycles. The van der Waals surface area contributed by atoms with E-state index in [2.05, 4.69) is 29.0 Å². The van der Waals surface area contributed by atoms with Crippen molar-refractivity contribution in [3.05, 3.63) is 28.8 Å². The van der Waals surface area contributed by atoms with Crippen molar-refractivity contribution in [3.63, 3.8) is 0 Å². The van der Waals surface area contributed by atoms with Crippen molar-refractivity contribution in [2.24, 2.45) is 0 Å². The van der Waals surface area contributed by atoms with Crippen LogP contribution in [0.3, 0.4) is 0 Å². The summed E-state index contributed by atoms with van der Waals surface area (Å²) in [5.74, 6) is 0. The Labute approximate surface area is 119 Å². The standard InChI is InChI=1S/C15H21ClN2O/c1-17-11-15(4-6-18(7-5-15)8-9-19)13-10-12(16)2-3-14(13)17/h2-3,10,19H,4-9,11H2,1H3. The number of anilines is 1. The lowest BCUT2D eigenvalue weighted by Gasteiger charge is -2.39. The number of nitrogens with zero attached hydrogens (tertiary/aromatic N) is 2. The largest absolute Gasteiger partial charge is 0.395 e. The number of likely N-dealkylation sites (N-methyl/N-ethyl adjacent to an activating group) is 1. The van der Waals surface area contributed by atoms with Gasteiger partial charge in [-0.05, 0) is 49.7 Å². The monoisotopic (exact) mass is 280 g/mol. The average molecular weight is 281 g/mol. The van der Waals surface area contributed by atoms with E-state index in [0.717, 1.165) is 44.0 Å². The van der Waals surface area contributed by atoms with E-state index in [1.54, 1.807) is 0 Å². The van der Waals surface area contributed by atoms with Crippen LogP contribution in [-0.4, -0.2) is 49.8 Å². The molecule has 1 fully saturated rings. The lowest BCUT2D eigenvalue weighted by Crippen LogP contribution is -2.45. The zero-order valence-corrected chi connectivity index (χ0v) is 12.2. The van der Waals surface area contributed by atoms with Crippen molar-refractivity contribution in [3.8, 4) is 0 Å². The van der Waals surface area contributed by atoms with Crippen LogP contribution in [0.5, 0.6) is 0 Å². The molecule has 0 amide bonds. The number of hydrogen-bond donors (Lipinski definition) is 1. The fraction of sp³-hybridized carbons (Fsp3) is 0.600. The van der Waals surface area contributed by atoms with Crippen molar-refractivity contribution < 1.29 is 5.11 Å². The van der Waals surface area contributed by atoms with E-state index < -0.39 is 0 Å². The van der Waals surface area contributed by atoms with Gasteiger partial charge in [-0.25, -0.2) is 0 Å². The van der Waals surface area contributed by atoms with E-state index in [1.165, 1.54) is 11.3 Å². The van der Waals surface area contributed by atoms with Gasteiger partial charge in [0.2, 0.25) is 0 Å². The Hall–Kier alpha value is -0.770. The molecule has 3 rings (SSSR count). The first-order valence-corrected chi connectivity index (χ1v) is 7.37. The molecule has 1 aromatic rings. The predicted molar refractivity (Wildman–Crippen MR) is 79.2 cm³/mol. The summed E-state index contributed by atoms with van der Waals surface area (Å²) < 4.78 is 0. The number of likely N-dealkylation sites (tertiary alicyclic amines) is 1. The van der Waals surface area contributed by atoms with E-state index in [1.807, 2.05) is 6.07 Å². The van der Waals surface area contributed by atoms with Gasteiger partial charge in [-0.2, -0.15) is 0 Å². The lowest BCUT2D eigenvalue weighted by atomic mass is 9.74. The fourth-order valence-electron chi connectivity index (χ4n) is 3.66. The number of hydrogen-bond acceptors (Lipinski definition) is 3. The summed E-state index contributed by atoms with van der Waals surface area (Å²) >= 11 is 6.19. The van der Waals surface area contributed by atoms with Crippen LogP contribution in [0.15, 0.2) is 18.2 Å². The van der Waals surface area contributed by atoms with Gasteiger partial charge in [0.25, 0.3) is 0 Å². The molecule has 4 heteroatoms. The molecule has 1 spiro atoms. The van der Waals surface area contributed by atoms with Crippen LogP contribution in [0.25, 0.3) is 0 Å². The van der Waals surface area contributed by atoms with Gasteiger partial charge in [-0.1, -0.05) is 11.6 Å². The molecule has 0 radical (unpaired) electrons. The number of aliphatic hydroxyl groups excluding tert-OH is 1. The van der Waals surface area contributed by atoms with Gasteiger partial charge in [0.15, 0.2) is 0 Å². The molecule has 1 aromatic carbocycles. The first kappa shape index (κ1) is 13.2. The Kier molecular flexibility index (Phi) is 3.46. The van der Waals surface area contributed by atoms with Gasteiger partial charge in [0, 0.05) is 36.3 Å². The minimum atomic E-state index is 0.259. The predicted octanol–water partition coefficient (Wildman–Crippen LogP) is 2.12. The highest BCUT2D eigenvalue weighted by atomic mass is 35.5. The third-order valence-corrected chi connectivity index (χ3v) is 4.95. The second-order valence-corrected chi connectivity index (χ2v) is 6.30. The van der Waals surface area contributed by atoms with Gasteiger partial charge >= 0.3 is 0 Å². The van der Waals surface area contributed by atoms with Crippen LogP contribution in [0.2, 0.25) is 5.02 Å². The molecule has 0 atom stereocenters. The van der Waals surface area contributed by atoms with Crippen molar-refractivity contribution >= 4 is 17.3 Å². The Morgan fingerprint density at radius 3 is 2.74 bits per heavy atom. The summed E-state index contributed by atoms with van der Waals surface area (Å²) in [5.41, 5.74) is 3.02. The molecule has 0 aromatic heterocycles. The van der Waals surface area contributed by atoms with E-state index in [9.17, 15) is 0 Å². The minimum Gasteiger partial charge on any atom is -0.395 e. The second kappa shape index (κ2) is 4.97. The van der Waals surface area contributed by atoms with Gasteiger partial charge in [0.1, 0.15) is 0 Å². The molecular weight excluding hydrogens is 260 g/mol. The number of piperidine rings is 1. The Morgan fingerprint density at radius 2 is 2.05 bits per heavy atom. The van der Waals surface area contributed by atoms with Gasteiger partial charge in [-0.15, -0.1) is 0 Å². The maximum absolute atomic E-state index is 9.04. The van der Waals surface area contributed by atoms with Crippen LogP contribution in [0.1, 0.15) is 18.4 Å². The highest BCUT2D eigenvalue weighted by molar-refractivity contribution is 6.30. The van der Waals surface area contributed by atoms with Crippen LogP contribution in [0.4, 0.5) is 5.69 Å². The maximum atomic E-state index is 9.04. The third-order valence-electron chi connectivity index (χ3n) is 4.71. The Balaban J connectivity index is 1.86. The van der Waals surface area contributed by atoms with Gasteiger partial charge < -0.3 is 14.9 Å². The van der Waals surface area contributed by atoms with Gasteiger partial charge in [0.05, 0.1) is 6.61 Å². The zero-order chi connectivity index (χ0) is 13.5. The highest BCUT2D eigenvalue weighted by Gasteiger charge is 2.43. The molecule has 0 saturated carbocycles. The van der Waals surface area contributed by atoms with Crippen molar-refractivity contribution in [2.45, 2.75) is 18.3 Å². The average Bonchev–Trinajstić information content (AvgIpc) is 2.66. The number of rotatable bonds is 2. The fourth-order valence-corrected chi connectivity index (χ4v) is 3.84. The molecule has 1 N–H and O–H groups in total. The summed E-state index contributed by atoms with van der Waals surface area (Å²) in [4.78, 5) is 4.71. The summed E-state index contributed by atoms with van der Waals surface area (Å²) in [6.45, 7) is 4.29. The van der Waals surface area contributed by atoms with E-state index >= 15 is 0 Å². The quantitative estimate of drug-likeness (QED) is 0.899. The number of fused-ring (bicyclic) bond motifs is 2. The molecule has 2 aliphatic heterocycles. The molecular formula is C15H21ClN2O. The first-order chi connectivity index (χ1) is 9.14. The summed E-state index contributed by atoms with van der Waals surface area (Å²) in [7, 11) is 2.17. The van der Waals surface area contributed by atoms with Crippen molar-refractivity contribution in [2.75, 3.05) is 44.7 Å². The summed E-state index contributed by atoms with van der Waals surface area (Å²) in [6.07, 6.45) is 2.31. The second-order valence-electron chi connectivity index (χ2n) is 5.86. The molecule has 2 aliphatic rings. The van der Waals surface area contributed by atoms with Crippen LogP contribution >= 0.6 is 11.6 Å². The molecule has 3 nitrogen and oxygen atoms in total. The van der Waals surface area contributed by atoms with Crippen LogP contribution in [-0.2, 0) is 5.41 Å². The summed E-state index contributed by atoms with van der Waals surface area (Å²) in [5, 5.41) is 9.88. The number of benzene rings is 1. The molecule has 104 valence electrons. The molecule has 0 bridgehead atoms. The van der Waals surface area contributed by atoms with E-state index in [4.69, 9.17) is 16.7 Å². The van der Waals surface area contributed by atoms with E-state index in [-0.39, 0.29) is 12.0 Å². The third kappa shape index (κ3) is 2.24. The topological polar surface area (TPSA) is 26.7 Å². The maximum Gasteiger partial charge on any atom is 0.0558 e. The number of halogens is 1. The normalized spacial score (nSPS) is 21.9. The van der Waals surface area contributed by atoms with Crippen molar-refractivity contribution in [1.29, 1.82) is 0 Å². The molecule has 0 aliphatic carbocycles. The Morgan fingerprint density at radius 1 is 1.32 bits per heavy atom. The first-order valence-electron chi connectivity index (χ1n) is 6.99. The lowest BCUT2D eigenvalue weighted by molar-refractivity contribution is 0.136. The molecule has 1 saturated heterocycles. The highest BCUT2D eigenvalue weighted by Crippen LogP contribution is 2.47.